The van der Waals surface area contributed by atoms with Gasteiger partial charge in [-0.1, -0.05) is 61.4 Å². The molecule has 0 heterocycles. The fraction of sp³-hybridized carbons (Fsp3) is 0.450. The summed E-state index contributed by atoms with van der Waals surface area (Å²) in [5.41, 5.74) is 5.25. The van der Waals surface area contributed by atoms with E-state index in [4.69, 9.17) is 0 Å². The van der Waals surface area contributed by atoms with E-state index in [0.717, 1.165) is 11.9 Å². The molecule has 0 fully saturated rings. The molecule has 1 heteroatoms. The van der Waals surface area contributed by atoms with Gasteiger partial charge in [0.15, 0.2) is 0 Å². The molecule has 0 aliphatic heterocycles. The Hall–Kier alpha value is -1.63. The predicted octanol–water partition coefficient (Wildman–Crippen LogP) is 5.72. The van der Waals surface area contributed by atoms with E-state index in [0.29, 0.717) is 5.41 Å². The first-order chi connectivity index (χ1) is 9.86. The minimum atomic E-state index is 0.290. The van der Waals surface area contributed by atoms with Crippen molar-refractivity contribution in [3.8, 4) is 0 Å². The molecule has 21 heavy (non-hydrogen) atoms. The molecule has 0 saturated carbocycles. The van der Waals surface area contributed by atoms with Crippen LogP contribution in [0.4, 0.5) is 0 Å². The van der Waals surface area contributed by atoms with Crippen molar-refractivity contribution in [3.05, 3.63) is 58.7 Å². The van der Waals surface area contributed by atoms with E-state index in [-0.39, 0.29) is 0 Å². The SMILES string of the molecule is CC1=C(/C=C/C(C)=C\C=C\C=C(/C)C=O)C(C)(C)CCC1. The van der Waals surface area contributed by atoms with Crippen LogP contribution in [0.25, 0.3) is 0 Å². The molecule has 0 saturated heterocycles. The third-order valence-corrected chi connectivity index (χ3v) is 4.07. The molecule has 0 N–H and O–H groups in total. The number of allylic oxidation sites excluding steroid dienone is 10. The summed E-state index contributed by atoms with van der Waals surface area (Å²) in [7, 11) is 0. The van der Waals surface area contributed by atoms with Crippen molar-refractivity contribution in [2.24, 2.45) is 5.41 Å². The minimum Gasteiger partial charge on any atom is -0.298 e. The fourth-order valence-corrected chi connectivity index (χ4v) is 2.73. The second-order valence-corrected chi connectivity index (χ2v) is 6.59. The molecule has 0 atom stereocenters. The van der Waals surface area contributed by atoms with Crippen LogP contribution >= 0.6 is 0 Å². The molecule has 0 aromatic rings. The van der Waals surface area contributed by atoms with Crippen molar-refractivity contribution in [1.29, 1.82) is 0 Å². The van der Waals surface area contributed by atoms with Gasteiger partial charge >= 0.3 is 0 Å². The molecule has 0 spiro atoms. The molecule has 0 bridgehead atoms. The summed E-state index contributed by atoms with van der Waals surface area (Å²) in [6, 6.07) is 0. The highest BCUT2D eigenvalue weighted by Crippen LogP contribution is 2.40. The van der Waals surface area contributed by atoms with Crippen LogP contribution in [-0.4, -0.2) is 6.29 Å². The zero-order chi connectivity index (χ0) is 15.9. The molecular formula is C20H28O. The van der Waals surface area contributed by atoms with E-state index < -0.39 is 0 Å². The lowest BCUT2D eigenvalue weighted by molar-refractivity contribution is -0.104. The lowest BCUT2D eigenvalue weighted by Gasteiger charge is -2.32. The molecule has 1 rings (SSSR count). The van der Waals surface area contributed by atoms with Crippen LogP contribution in [0.1, 0.15) is 53.9 Å². The first-order valence-corrected chi connectivity index (χ1v) is 7.72. The van der Waals surface area contributed by atoms with Gasteiger partial charge in [-0.25, -0.2) is 0 Å². The Morgan fingerprint density at radius 1 is 1.10 bits per heavy atom. The Labute approximate surface area is 129 Å². The maximum atomic E-state index is 10.5. The molecule has 0 aromatic heterocycles. The molecule has 0 aromatic carbocycles. The lowest BCUT2D eigenvalue weighted by atomic mass is 9.72. The number of carbonyl (C=O) groups excluding carboxylic acids is 1. The largest absolute Gasteiger partial charge is 0.298 e. The standard InChI is InChI=1S/C20H28O/c1-16(9-6-7-10-17(2)15-21)12-13-19-18(3)11-8-14-20(19,4)5/h6-7,9-10,12-13,15H,8,11,14H2,1-5H3/b7-6+,13-12+,16-9-,17-10+. The topological polar surface area (TPSA) is 17.1 Å². The Bertz CT molecular complexity index is 522. The third kappa shape index (κ3) is 5.71. The van der Waals surface area contributed by atoms with E-state index >= 15 is 0 Å². The molecule has 1 aliphatic carbocycles. The highest BCUT2D eigenvalue weighted by Gasteiger charge is 2.26. The van der Waals surface area contributed by atoms with Crippen molar-refractivity contribution in [3.63, 3.8) is 0 Å². The lowest BCUT2D eigenvalue weighted by Crippen LogP contribution is -2.19. The summed E-state index contributed by atoms with van der Waals surface area (Å²) in [6.45, 7) is 10.8. The van der Waals surface area contributed by atoms with E-state index in [1.807, 2.05) is 18.2 Å². The monoisotopic (exact) mass is 284 g/mol. The van der Waals surface area contributed by atoms with E-state index in [1.165, 1.54) is 36.0 Å². The molecule has 114 valence electrons. The van der Waals surface area contributed by atoms with E-state index in [1.54, 1.807) is 6.92 Å². The summed E-state index contributed by atoms with van der Waals surface area (Å²) in [4.78, 5) is 10.5. The van der Waals surface area contributed by atoms with Crippen molar-refractivity contribution in [2.75, 3.05) is 0 Å². The summed E-state index contributed by atoms with van der Waals surface area (Å²) < 4.78 is 0. The molecule has 1 nitrogen and oxygen atoms in total. The predicted molar refractivity (Wildman–Crippen MR) is 92.2 cm³/mol. The first-order valence-electron chi connectivity index (χ1n) is 7.72. The van der Waals surface area contributed by atoms with Gasteiger partial charge in [0.2, 0.25) is 0 Å². The Balaban J connectivity index is 2.77. The number of aldehydes is 1. The molecular weight excluding hydrogens is 256 g/mol. The van der Waals surface area contributed by atoms with E-state index in [9.17, 15) is 4.79 Å². The summed E-state index contributed by atoms with van der Waals surface area (Å²) in [5.74, 6) is 0. The van der Waals surface area contributed by atoms with Gasteiger partial charge in [0.05, 0.1) is 0 Å². The number of carbonyl (C=O) groups is 1. The van der Waals surface area contributed by atoms with Gasteiger partial charge in [-0.05, 0) is 56.6 Å². The number of hydrogen-bond acceptors (Lipinski definition) is 1. The van der Waals surface area contributed by atoms with Gasteiger partial charge in [0.25, 0.3) is 0 Å². The van der Waals surface area contributed by atoms with Gasteiger partial charge in [0, 0.05) is 0 Å². The van der Waals surface area contributed by atoms with Crippen LogP contribution in [0.5, 0.6) is 0 Å². The highest BCUT2D eigenvalue weighted by molar-refractivity contribution is 5.72. The quantitative estimate of drug-likeness (QED) is 0.358. The zero-order valence-electron chi connectivity index (χ0n) is 14.1. The van der Waals surface area contributed by atoms with Crippen molar-refractivity contribution >= 4 is 6.29 Å². The normalized spacial score (nSPS) is 20.6. The van der Waals surface area contributed by atoms with Crippen LogP contribution in [0.15, 0.2) is 58.7 Å². The van der Waals surface area contributed by atoms with Gasteiger partial charge in [-0.15, -0.1) is 0 Å². The van der Waals surface area contributed by atoms with Crippen LogP contribution in [0.3, 0.4) is 0 Å². The highest BCUT2D eigenvalue weighted by atomic mass is 16.1. The average Bonchev–Trinajstić information content (AvgIpc) is 2.42. The number of hydrogen-bond donors (Lipinski definition) is 0. The Morgan fingerprint density at radius 2 is 1.71 bits per heavy atom. The van der Waals surface area contributed by atoms with Crippen molar-refractivity contribution in [1.82, 2.24) is 0 Å². The smallest absolute Gasteiger partial charge is 0.145 e. The average molecular weight is 284 g/mol. The Kier molecular flexibility index (Phi) is 6.61. The molecule has 0 unspecified atom stereocenters. The van der Waals surface area contributed by atoms with E-state index in [2.05, 4.69) is 45.9 Å². The minimum absolute atomic E-state index is 0.290. The Morgan fingerprint density at radius 3 is 2.29 bits per heavy atom. The van der Waals surface area contributed by atoms with Crippen molar-refractivity contribution < 1.29 is 4.79 Å². The summed E-state index contributed by atoms with van der Waals surface area (Å²) >= 11 is 0. The fourth-order valence-electron chi connectivity index (χ4n) is 2.73. The number of rotatable bonds is 5. The van der Waals surface area contributed by atoms with Crippen LogP contribution in [0.2, 0.25) is 0 Å². The molecule has 0 radical (unpaired) electrons. The van der Waals surface area contributed by atoms with Gasteiger partial charge < -0.3 is 0 Å². The van der Waals surface area contributed by atoms with Crippen LogP contribution in [0, 0.1) is 5.41 Å². The second-order valence-electron chi connectivity index (χ2n) is 6.59. The summed E-state index contributed by atoms with van der Waals surface area (Å²) in [5, 5.41) is 0. The zero-order valence-corrected chi connectivity index (χ0v) is 14.1. The maximum Gasteiger partial charge on any atom is 0.145 e. The van der Waals surface area contributed by atoms with Gasteiger partial charge in [-0.3, -0.25) is 4.79 Å². The molecule has 1 aliphatic rings. The second kappa shape index (κ2) is 7.97. The van der Waals surface area contributed by atoms with Crippen LogP contribution < -0.4 is 0 Å². The third-order valence-electron chi connectivity index (χ3n) is 4.07. The van der Waals surface area contributed by atoms with Gasteiger partial charge in [-0.2, -0.15) is 0 Å². The molecule has 0 amide bonds. The van der Waals surface area contributed by atoms with Crippen molar-refractivity contribution in [2.45, 2.75) is 53.9 Å². The summed E-state index contributed by atoms with van der Waals surface area (Å²) in [6.07, 6.45) is 16.9. The van der Waals surface area contributed by atoms with Crippen LogP contribution in [-0.2, 0) is 4.79 Å². The maximum absolute atomic E-state index is 10.5. The first kappa shape index (κ1) is 17.4. The van der Waals surface area contributed by atoms with Gasteiger partial charge in [0.1, 0.15) is 6.29 Å².